The van der Waals surface area contributed by atoms with E-state index >= 15 is 0 Å². The lowest BCUT2D eigenvalue weighted by Crippen LogP contribution is -2.74. The van der Waals surface area contributed by atoms with Gasteiger partial charge in [-0.3, -0.25) is 9.59 Å². The average molecular weight is 530 g/mol. The van der Waals surface area contributed by atoms with E-state index in [-0.39, 0.29) is 58.7 Å². The first kappa shape index (κ1) is 25.5. The molecule has 1 aromatic rings. The van der Waals surface area contributed by atoms with Crippen molar-refractivity contribution in [3.05, 3.63) is 30.3 Å². The number of Topliss-reactive ketones (excluding diaryl/α,β-unsaturated/α-hetero) is 1. The quantitative estimate of drug-likeness (QED) is 0.609. The van der Waals surface area contributed by atoms with Crippen LogP contribution in [0.1, 0.15) is 59.8 Å². The van der Waals surface area contributed by atoms with Gasteiger partial charge >= 0.3 is 0 Å². The Morgan fingerprint density at radius 2 is 1.73 bits per heavy atom. The number of benzene rings is 1. The van der Waals surface area contributed by atoms with Crippen LogP contribution in [0.5, 0.6) is 0 Å². The molecule has 37 heavy (non-hydrogen) atoms. The van der Waals surface area contributed by atoms with Crippen LogP contribution in [0, 0.1) is 40.4 Å². The van der Waals surface area contributed by atoms with Crippen LogP contribution in [0.4, 0.5) is 0 Å². The number of carbonyl (C=O) groups excluding carboxylic acids is 2. The Balaban J connectivity index is 1.50. The van der Waals surface area contributed by atoms with Crippen molar-refractivity contribution in [2.45, 2.75) is 87.8 Å². The maximum atomic E-state index is 14.0. The van der Waals surface area contributed by atoms with Crippen molar-refractivity contribution in [1.29, 1.82) is 0 Å². The molecular weight excluding hydrogens is 490 g/mol. The molecule has 1 aromatic carbocycles. The Morgan fingerprint density at radius 3 is 2.43 bits per heavy atom. The van der Waals surface area contributed by atoms with Crippen LogP contribution < -0.4 is 5.32 Å². The molecule has 5 aliphatic rings. The zero-order chi connectivity index (χ0) is 26.5. The lowest BCUT2D eigenvalue weighted by molar-refractivity contribution is -0.321. The highest BCUT2D eigenvalue weighted by atomic mass is 32.2. The summed E-state index contributed by atoms with van der Waals surface area (Å²) in [5.74, 6) is -0.624. The lowest BCUT2D eigenvalue weighted by atomic mass is 9.42. The zero-order valence-corrected chi connectivity index (χ0v) is 23.0. The summed E-state index contributed by atoms with van der Waals surface area (Å²) in [6.45, 7) is 8.73. The predicted molar refractivity (Wildman–Crippen MR) is 137 cm³/mol. The van der Waals surface area contributed by atoms with E-state index in [9.17, 15) is 23.1 Å². The van der Waals surface area contributed by atoms with Crippen molar-refractivity contribution in [3.63, 3.8) is 0 Å². The number of nitrogens with one attached hydrogen (secondary N) is 1. The number of aliphatic hydroxyl groups excluding tert-OH is 1. The maximum absolute atomic E-state index is 14.0. The van der Waals surface area contributed by atoms with Crippen molar-refractivity contribution in [2.24, 2.45) is 40.4 Å². The Hall–Kier alpha value is -1.77. The molecule has 10 unspecified atom stereocenters. The largest absolute Gasteiger partial charge is 0.393 e. The van der Waals surface area contributed by atoms with E-state index in [0.29, 0.717) is 19.4 Å². The Morgan fingerprint density at radius 1 is 1.03 bits per heavy atom. The number of ether oxygens (including phenoxy) is 1. The number of hydrogen-bond acceptors (Lipinski definition) is 6. The van der Waals surface area contributed by atoms with Crippen LogP contribution in [0.15, 0.2) is 35.2 Å². The minimum Gasteiger partial charge on any atom is -0.393 e. The van der Waals surface area contributed by atoms with Gasteiger partial charge in [-0.15, -0.1) is 0 Å². The van der Waals surface area contributed by atoms with Crippen LogP contribution in [0.3, 0.4) is 0 Å². The van der Waals surface area contributed by atoms with E-state index < -0.39 is 37.6 Å². The number of aliphatic hydroxyl groups is 1. The van der Waals surface area contributed by atoms with E-state index in [1.807, 2.05) is 13.8 Å². The van der Waals surface area contributed by atoms with Gasteiger partial charge in [0.2, 0.25) is 5.91 Å². The molecule has 2 saturated heterocycles. The second kappa shape index (κ2) is 8.12. The number of hydrogen-bond donors (Lipinski definition) is 2. The molecule has 0 aromatic heterocycles. The third kappa shape index (κ3) is 3.27. The summed E-state index contributed by atoms with van der Waals surface area (Å²) in [6.07, 6.45) is 2.00. The Labute approximate surface area is 219 Å². The van der Waals surface area contributed by atoms with Crippen LogP contribution in [0.25, 0.3) is 0 Å². The Kier molecular flexibility index (Phi) is 5.60. The first-order valence-electron chi connectivity index (χ1n) is 13.8. The van der Waals surface area contributed by atoms with Gasteiger partial charge in [0.05, 0.1) is 22.7 Å². The monoisotopic (exact) mass is 529 g/mol. The number of sulfone groups is 1. The molecule has 0 bridgehead atoms. The van der Waals surface area contributed by atoms with E-state index in [4.69, 9.17) is 4.74 Å². The van der Waals surface area contributed by atoms with E-state index in [2.05, 4.69) is 19.2 Å². The molecule has 10 atom stereocenters. The average Bonchev–Trinajstić information content (AvgIpc) is 3.22. The molecule has 2 aliphatic heterocycles. The predicted octanol–water partition coefficient (Wildman–Crippen LogP) is 3.15. The van der Waals surface area contributed by atoms with Crippen LogP contribution in [0.2, 0.25) is 0 Å². The summed E-state index contributed by atoms with van der Waals surface area (Å²) in [5.41, 5.74) is -2.15. The zero-order valence-electron chi connectivity index (χ0n) is 22.1. The molecule has 3 aliphatic carbocycles. The summed E-state index contributed by atoms with van der Waals surface area (Å²) in [6, 6.07) is 8.28. The number of fused-ring (bicyclic) bond motifs is 3. The van der Waals surface area contributed by atoms with E-state index in [1.54, 1.807) is 30.3 Å². The number of amides is 1. The van der Waals surface area contributed by atoms with Gasteiger partial charge in [-0.2, -0.15) is 0 Å². The fourth-order valence-electron chi connectivity index (χ4n) is 9.17. The van der Waals surface area contributed by atoms with Crippen molar-refractivity contribution in [3.8, 4) is 0 Å². The molecule has 1 amide bonds. The Bertz CT molecular complexity index is 1230. The molecule has 2 N–H and O–H groups in total. The first-order chi connectivity index (χ1) is 17.3. The molecule has 7 nitrogen and oxygen atoms in total. The molecule has 3 saturated carbocycles. The van der Waals surface area contributed by atoms with Crippen molar-refractivity contribution in [2.75, 3.05) is 6.54 Å². The molecule has 0 radical (unpaired) electrons. The highest BCUT2D eigenvalue weighted by molar-refractivity contribution is 7.92. The lowest BCUT2D eigenvalue weighted by Gasteiger charge is -2.70. The molecule has 5 fully saturated rings. The van der Waals surface area contributed by atoms with Crippen LogP contribution in [-0.2, 0) is 24.2 Å². The number of ketones is 1. The fraction of sp³-hybridized carbons (Fsp3) is 0.724. The third-order valence-corrected chi connectivity index (χ3v) is 13.5. The summed E-state index contributed by atoms with van der Waals surface area (Å²) >= 11 is 0. The highest BCUT2D eigenvalue weighted by Crippen LogP contribution is 2.68. The minimum absolute atomic E-state index is 0.0332. The smallest absolute Gasteiger partial charge is 0.223 e. The van der Waals surface area contributed by atoms with Crippen molar-refractivity contribution in [1.82, 2.24) is 5.32 Å². The standard InChI is InChI=1S/C29H39NO6S/c1-16-10-11-23-27(2,3)25(32)22(37(34,35)17-8-6-5-7-9-17)14-29(23)28(16,4)13-19-21(31)12-18-20(24(19)36-29)15-30-26(18)33/h5-9,16,18-24,31H,10-15H2,1-4H3,(H,30,33). The first-order valence-corrected chi connectivity index (χ1v) is 15.4. The molecule has 1 spiro atoms. The molecule has 6 rings (SSSR count). The summed E-state index contributed by atoms with van der Waals surface area (Å²) in [5, 5.41) is 13.0. The van der Waals surface area contributed by atoms with Gasteiger partial charge in [0.15, 0.2) is 15.6 Å². The van der Waals surface area contributed by atoms with E-state index in [1.165, 1.54) is 0 Å². The minimum atomic E-state index is -3.94. The van der Waals surface area contributed by atoms with Crippen molar-refractivity contribution >= 4 is 21.5 Å². The van der Waals surface area contributed by atoms with E-state index in [0.717, 1.165) is 12.8 Å². The normalized spacial score (nSPS) is 46.7. The number of rotatable bonds is 2. The van der Waals surface area contributed by atoms with Gasteiger partial charge in [-0.05, 0) is 49.1 Å². The molecular formula is C29H39NO6S. The fourth-order valence-corrected chi connectivity index (χ4v) is 11.1. The topological polar surface area (TPSA) is 110 Å². The van der Waals surface area contributed by atoms with Gasteiger partial charge in [0.1, 0.15) is 5.25 Å². The summed E-state index contributed by atoms with van der Waals surface area (Å²) < 4.78 is 35.3. The van der Waals surface area contributed by atoms with Gasteiger partial charge in [-0.25, -0.2) is 8.42 Å². The number of carbonyl (C=O) groups is 2. The highest BCUT2D eigenvalue weighted by Gasteiger charge is 2.73. The van der Waals surface area contributed by atoms with Gasteiger partial charge in [-0.1, -0.05) is 45.9 Å². The van der Waals surface area contributed by atoms with Gasteiger partial charge < -0.3 is 15.2 Å². The second-order valence-corrected chi connectivity index (χ2v) is 15.4. The van der Waals surface area contributed by atoms with Gasteiger partial charge in [0, 0.05) is 42.1 Å². The third-order valence-electron chi connectivity index (χ3n) is 11.4. The SMILES string of the molecule is CC1CCC2C(C)(C)C(=O)C(S(=O)(=O)c3ccccc3)CC23OC2C(CC13C)C(O)CC1C(=O)NCC12. The van der Waals surface area contributed by atoms with Gasteiger partial charge in [0.25, 0.3) is 0 Å². The van der Waals surface area contributed by atoms with Crippen molar-refractivity contribution < 1.29 is 27.9 Å². The summed E-state index contributed by atoms with van der Waals surface area (Å²) in [7, 11) is -3.94. The van der Waals surface area contributed by atoms with Crippen LogP contribution in [-0.4, -0.2) is 54.8 Å². The van der Waals surface area contributed by atoms with Crippen LogP contribution >= 0.6 is 0 Å². The second-order valence-electron chi connectivity index (χ2n) is 13.2. The molecule has 8 heteroatoms. The summed E-state index contributed by atoms with van der Waals surface area (Å²) in [4.78, 5) is 26.8. The molecule has 202 valence electrons. The maximum Gasteiger partial charge on any atom is 0.223 e. The molecule has 2 heterocycles.